The van der Waals surface area contributed by atoms with Crippen molar-refractivity contribution >= 4 is 17.5 Å². The minimum Gasteiger partial charge on any atom is -0.370 e. The zero-order valence-electron chi connectivity index (χ0n) is 9.51. The molecule has 0 bridgehead atoms. The molecule has 3 N–H and O–H groups in total. The van der Waals surface area contributed by atoms with Crippen molar-refractivity contribution in [3.63, 3.8) is 0 Å². The van der Waals surface area contributed by atoms with E-state index in [9.17, 15) is 9.18 Å². The molecule has 0 saturated heterocycles. The number of hydrogen-bond acceptors (Lipinski definition) is 2. The molecule has 0 heterocycles. The van der Waals surface area contributed by atoms with E-state index in [2.05, 4.69) is 5.32 Å². The average molecular weight is 259 g/mol. The number of unbranched alkanes of at least 4 members (excludes halogenated alkanes) is 1. The Kier molecular flexibility index (Phi) is 5.94. The molecule has 0 saturated carbocycles. The van der Waals surface area contributed by atoms with Crippen LogP contribution in [0.2, 0.25) is 5.02 Å². The smallest absolute Gasteiger partial charge is 0.217 e. The average Bonchev–Trinajstić information content (AvgIpc) is 2.27. The number of nitrogens with two attached hydrogens (primary N) is 1. The standard InChI is InChI=1S/C12H16ClFN2O/c13-11-5-4-10(14)7-9(11)8-16-6-2-1-3-12(15)17/h4-5,7,16H,1-3,6,8H2,(H2,15,17). The third-order valence-electron chi connectivity index (χ3n) is 2.35. The number of benzene rings is 1. The quantitative estimate of drug-likeness (QED) is 0.737. The van der Waals surface area contributed by atoms with Crippen molar-refractivity contribution in [1.29, 1.82) is 0 Å². The molecule has 0 fully saturated rings. The van der Waals surface area contributed by atoms with Crippen molar-refractivity contribution in [3.05, 3.63) is 34.6 Å². The Hall–Kier alpha value is -1.13. The molecule has 0 spiro atoms. The first kappa shape index (κ1) is 13.9. The first-order valence-corrected chi connectivity index (χ1v) is 5.90. The molecular weight excluding hydrogens is 243 g/mol. The fourth-order valence-electron chi connectivity index (χ4n) is 1.45. The van der Waals surface area contributed by atoms with Gasteiger partial charge in [0, 0.05) is 18.0 Å². The molecule has 0 aliphatic heterocycles. The molecule has 1 aromatic rings. The van der Waals surface area contributed by atoms with Gasteiger partial charge < -0.3 is 11.1 Å². The van der Waals surface area contributed by atoms with E-state index >= 15 is 0 Å². The molecule has 0 aromatic heterocycles. The lowest BCUT2D eigenvalue weighted by molar-refractivity contribution is -0.118. The van der Waals surface area contributed by atoms with Crippen LogP contribution in [0.4, 0.5) is 4.39 Å². The second-order valence-electron chi connectivity index (χ2n) is 3.84. The molecule has 0 atom stereocenters. The Labute approximate surface area is 105 Å². The Morgan fingerprint density at radius 1 is 1.41 bits per heavy atom. The summed E-state index contributed by atoms with van der Waals surface area (Å²) in [5, 5.41) is 3.69. The van der Waals surface area contributed by atoms with Gasteiger partial charge in [-0.2, -0.15) is 0 Å². The summed E-state index contributed by atoms with van der Waals surface area (Å²) in [6, 6.07) is 4.29. The van der Waals surface area contributed by atoms with Crippen molar-refractivity contribution < 1.29 is 9.18 Å². The molecule has 0 aliphatic rings. The van der Waals surface area contributed by atoms with Gasteiger partial charge in [-0.25, -0.2) is 4.39 Å². The van der Waals surface area contributed by atoms with Gasteiger partial charge in [0.2, 0.25) is 5.91 Å². The summed E-state index contributed by atoms with van der Waals surface area (Å²) < 4.78 is 12.9. The maximum Gasteiger partial charge on any atom is 0.217 e. The molecule has 94 valence electrons. The van der Waals surface area contributed by atoms with Crippen LogP contribution in [0.1, 0.15) is 24.8 Å². The van der Waals surface area contributed by atoms with Gasteiger partial charge in [-0.05, 0) is 43.1 Å². The van der Waals surface area contributed by atoms with Crippen LogP contribution in [0, 0.1) is 5.82 Å². The molecule has 0 radical (unpaired) electrons. The van der Waals surface area contributed by atoms with E-state index in [-0.39, 0.29) is 11.7 Å². The number of primary amides is 1. The number of halogens is 2. The predicted octanol–water partition coefficient (Wildman–Crippen LogP) is 2.22. The molecule has 17 heavy (non-hydrogen) atoms. The van der Waals surface area contributed by atoms with Crippen molar-refractivity contribution in [2.24, 2.45) is 5.73 Å². The van der Waals surface area contributed by atoms with E-state index in [0.717, 1.165) is 24.9 Å². The van der Waals surface area contributed by atoms with Crippen LogP contribution in [0.5, 0.6) is 0 Å². The van der Waals surface area contributed by atoms with Crippen LogP contribution in [0.25, 0.3) is 0 Å². The van der Waals surface area contributed by atoms with Crippen molar-refractivity contribution in [3.8, 4) is 0 Å². The normalized spacial score (nSPS) is 10.5. The molecule has 1 amide bonds. The lowest BCUT2D eigenvalue weighted by Crippen LogP contribution is -2.16. The summed E-state index contributed by atoms with van der Waals surface area (Å²) >= 11 is 5.91. The topological polar surface area (TPSA) is 55.1 Å². The van der Waals surface area contributed by atoms with E-state index in [1.165, 1.54) is 12.1 Å². The second kappa shape index (κ2) is 7.25. The largest absolute Gasteiger partial charge is 0.370 e. The number of hydrogen-bond donors (Lipinski definition) is 2. The summed E-state index contributed by atoms with van der Waals surface area (Å²) in [7, 11) is 0. The van der Waals surface area contributed by atoms with E-state index < -0.39 is 0 Å². The van der Waals surface area contributed by atoms with Crippen LogP contribution in [0.15, 0.2) is 18.2 Å². The number of carbonyl (C=O) groups excluding carboxylic acids is 1. The van der Waals surface area contributed by atoms with Gasteiger partial charge in [-0.15, -0.1) is 0 Å². The van der Waals surface area contributed by atoms with Gasteiger partial charge in [0.15, 0.2) is 0 Å². The summed E-state index contributed by atoms with van der Waals surface area (Å²) in [5.41, 5.74) is 5.75. The Balaban J connectivity index is 2.22. The highest BCUT2D eigenvalue weighted by Crippen LogP contribution is 2.16. The van der Waals surface area contributed by atoms with Gasteiger partial charge in [-0.1, -0.05) is 11.6 Å². The maximum absolute atomic E-state index is 12.9. The van der Waals surface area contributed by atoms with E-state index in [0.29, 0.717) is 18.0 Å². The van der Waals surface area contributed by atoms with Gasteiger partial charge in [0.25, 0.3) is 0 Å². The van der Waals surface area contributed by atoms with Crippen molar-refractivity contribution in [2.45, 2.75) is 25.8 Å². The Morgan fingerprint density at radius 3 is 2.88 bits per heavy atom. The van der Waals surface area contributed by atoms with Crippen molar-refractivity contribution in [2.75, 3.05) is 6.54 Å². The molecule has 1 rings (SSSR count). The van der Waals surface area contributed by atoms with Gasteiger partial charge >= 0.3 is 0 Å². The van der Waals surface area contributed by atoms with Crippen molar-refractivity contribution in [1.82, 2.24) is 5.32 Å². The van der Waals surface area contributed by atoms with E-state index in [1.807, 2.05) is 0 Å². The van der Waals surface area contributed by atoms with Gasteiger partial charge in [-0.3, -0.25) is 4.79 Å². The third-order valence-corrected chi connectivity index (χ3v) is 2.72. The first-order valence-electron chi connectivity index (χ1n) is 5.52. The molecule has 3 nitrogen and oxygen atoms in total. The van der Waals surface area contributed by atoms with Crippen LogP contribution in [0.3, 0.4) is 0 Å². The fourth-order valence-corrected chi connectivity index (χ4v) is 1.64. The highest BCUT2D eigenvalue weighted by molar-refractivity contribution is 6.31. The van der Waals surface area contributed by atoms with Crippen LogP contribution >= 0.6 is 11.6 Å². The number of amides is 1. The summed E-state index contributed by atoms with van der Waals surface area (Å²) in [6.07, 6.45) is 2.03. The minimum atomic E-state index is -0.292. The number of nitrogens with one attached hydrogen (secondary N) is 1. The summed E-state index contributed by atoms with van der Waals surface area (Å²) in [6.45, 7) is 1.27. The SMILES string of the molecule is NC(=O)CCCCNCc1cc(F)ccc1Cl. The Bertz CT molecular complexity index is 385. The third kappa shape index (κ3) is 5.65. The number of rotatable bonds is 7. The molecule has 5 heteroatoms. The maximum atomic E-state index is 12.9. The molecular formula is C12H16ClFN2O. The Morgan fingerprint density at radius 2 is 2.18 bits per heavy atom. The summed E-state index contributed by atoms with van der Waals surface area (Å²) in [5.74, 6) is -0.571. The first-order chi connectivity index (χ1) is 8.09. The second-order valence-corrected chi connectivity index (χ2v) is 4.24. The lowest BCUT2D eigenvalue weighted by atomic mass is 10.2. The van der Waals surface area contributed by atoms with E-state index in [4.69, 9.17) is 17.3 Å². The molecule has 0 unspecified atom stereocenters. The van der Waals surface area contributed by atoms with E-state index in [1.54, 1.807) is 6.07 Å². The minimum absolute atomic E-state index is 0.279. The van der Waals surface area contributed by atoms with Crippen LogP contribution in [-0.4, -0.2) is 12.5 Å². The predicted molar refractivity (Wildman–Crippen MR) is 66.2 cm³/mol. The zero-order valence-corrected chi connectivity index (χ0v) is 10.3. The van der Waals surface area contributed by atoms with Gasteiger partial charge in [0.05, 0.1) is 0 Å². The molecule has 0 aliphatic carbocycles. The van der Waals surface area contributed by atoms with Crippen LogP contribution < -0.4 is 11.1 Å². The lowest BCUT2D eigenvalue weighted by Gasteiger charge is -2.06. The van der Waals surface area contributed by atoms with Gasteiger partial charge in [0.1, 0.15) is 5.82 Å². The fraction of sp³-hybridized carbons (Fsp3) is 0.417. The monoisotopic (exact) mass is 258 g/mol. The highest BCUT2D eigenvalue weighted by Gasteiger charge is 2.01. The number of carbonyl (C=O) groups is 1. The highest BCUT2D eigenvalue weighted by atomic mass is 35.5. The molecule has 1 aromatic carbocycles. The summed E-state index contributed by atoms with van der Waals surface area (Å²) in [4.78, 5) is 10.5. The zero-order chi connectivity index (χ0) is 12.7. The van der Waals surface area contributed by atoms with Crippen LogP contribution in [-0.2, 0) is 11.3 Å².